The highest BCUT2D eigenvalue weighted by Crippen LogP contribution is 2.38. The molecule has 1 saturated carbocycles. The van der Waals surface area contributed by atoms with E-state index < -0.39 is 5.97 Å². The molecule has 0 amide bonds. The molecular formula is C17H31N3O3. The van der Waals surface area contributed by atoms with Crippen molar-refractivity contribution in [3.8, 4) is 0 Å². The number of ether oxygens (including phenoxy) is 1. The van der Waals surface area contributed by atoms with Crippen LogP contribution in [0.15, 0.2) is 12.0 Å². The Morgan fingerprint density at radius 2 is 1.96 bits per heavy atom. The van der Waals surface area contributed by atoms with Crippen molar-refractivity contribution in [1.82, 2.24) is 10.4 Å². The molecule has 0 radical (unpaired) electrons. The van der Waals surface area contributed by atoms with Crippen molar-refractivity contribution in [3.05, 3.63) is 12.0 Å². The largest absolute Gasteiger partial charge is 0.487 e. The number of hydrazine groups is 1. The summed E-state index contributed by atoms with van der Waals surface area (Å²) in [6, 6.07) is 0. The second kappa shape index (κ2) is 8.91. The van der Waals surface area contributed by atoms with Gasteiger partial charge in [0.05, 0.1) is 24.9 Å². The highest BCUT2D eigenvalue weighted by molar-refractivity contribution is 5.72. The molecule has 1 rings (SSSR count). The van der Waals surface area contributed by atoms with E-state index in [4.69, 9.17) is 15.3 Å². The quantitative estimate of drug-likeness (QED) is 0.363. The van der Waals surface area contributed by atoms with Crippen LogP contribution in [0.2, 0.25) is 0 Å². The number of nitrogens with one attached hydrogen (secondary N) is 2. The number of hydrogen-bond acceptors (Lipinski definition) is 5. The average Bonchev–Trinajstić information content (AvgIpc) is 2.45. The third-order valence-electron chi connectivity index (χ3n) is 4.36. The minimum absolute atomic E-state index is 0.0514. The van der Waals surface area contributed by atoms with E-state index in [9.17, 15) is 4.79 Å². The molecule has 0 bridgehead atoms. The summed E-state index contributed by atoms with van der Waals surface area (Å²) >= 11 is 0. The standard InChI is InChI=1S/C17H31N3O3/c1-17(2,3)13-5-7-14(8-6-13)23-15(11-18)12-20(4)19-10-9-16(21)22/h11-14,18-19H,5-10H2,1-4H3,(H,21,22)/b15-12+,18-11?/t13-,14-. The van der Waals surface area contributed by atoms with Crippen molar-refractivity contribution in [1.29, 1.82) is 5.41 Å². The van der Waals surface area contributed by atoms with Gasteiger partial charge in [-0.25, -0.2) is 5.43 Å². The van der Waals surface area contributed by atoms with Gasteiger partial charge in [-0.1, -0.05) is 20.8 Å². The topological polar surface area (TPSA) is 85.7 Å². The van der Waals surface area contributed by atoms with Gasteiger partial charge in [-0.3, -0.25) is 4.79 Å². The van der Waals surface area contributed by atoms with Gasteiger partial charge in [-0.2, -0.15) is 0 Å². The Labute approximate surface area is 139 Å². The van der Waals surface area contributed by atoms with Gasteiger partial charge in [0.2, 0.25) is 0 Å². The number of carbonyl (C=O) groups is 1. The molecule has 0 unspecified atom stereocenters. The third-order valence-corrected chi connectivity index (χ3v) is 4.36. The zero-order valence-electron chi connectivity index (χ0n) is 14.8. The Morgan fingerprint density at radius 1 is 1.35 bits per heavy atom. The molecule has 3 N–H and O–H groups in total. The molecule has 0 heterocycles. The zero-order valence-corrected chi connectivity index (χ0v) is 14.8. The first-order chi connectivity index (χ1) is 10.7. The molecule has 1 aliphatic carbocycles. The van der Waals surface area contributed by atoms with Crippen molar-refractivity contribution in [3.63, 3.8) is 0 Å². The monoisotopic (exact) mass is 325 g/mol. The molecule has 0 saturated heterocycles. The van der Waals surface area contributed by atoms with Crippen LogP contribution in [0, 0.1) is 16.7 Å². The van der Waals surface area contributed by atoms with Crippen molar-refractivity contribution >= 4 is 12.2 Å². The summed E-state index contributed by atoms with van der Waals surface area (Å²) in [5.74, 6) is 0.388. The van der Waals surface area contributed by atoms with Crippen LogP contribution < -0.4 is 5.43 Å². The van der Waals surface area contributed by atoms with E-state index in [-0.39, 0.29) is 12.5 Å². The lowest BCUT2D eigenvalue weighted by Crippen LogP contribution is -2.33. The number of carboxylic acids is 1. The lowest BCUT2D eigenvalue weighted by atomic mass is 9.72. The van der Waals surface area contributed by atoms with E-state index in [0.29, 0.717) is 17.7 Å². The van der Waals surface area contributed by atoms with Gasteiger partial charge in [0.25, 0.3) is 0 Å². The number of nitrogens with zero attached hydrogens (tertiary/aromatic N) is 1. The zero-order chi connectivity index (χ0) is 17.5. The van der Waals surface area contributed by atoms with Gasteiger partial charge in [-0.05, 0) is 37.0 Å². The molecule has 0 aromatic heterocycles. The summed E-state index contributed by atoms with van der Waals surface area (Å²) < 4.78 is 5.92. The van der Waals surface area contributed by atoms with Gasteiger partial charge in [-0.15, -0.1) is 0 Å². The number of rotatable bonds is 8. The number of carboxylic acid groups (broad SMARTS) is 1. The van der Waals surface area contributed by atoms with Crippen LogP contribution in [0.4, 0.5) is 0 Å². The van der Waals surface area contributed by atoms with E-state index in [1.54, 1.807) is 18.3 Å². The highest BCUT2D eigenvalue weighted by atomic mass is 16.5. The maximum Gasteiger partial charge on any atom is 0.304 e. The fraction of sp³-hybridized carbons (Fsp3) is 0.765. The van der Waals surface area contributed by atoms with Crippen molar-refractivity contribution < 1.29 is 14.6 Å². The summed E-state index contributed by atoms with van der Waals surface area (Å²) in [5.41, 5.74) is 3.28. The Morgan fingerprint density at radius 3 is 2.43 bits per heavy atom. The van der Waals surface area contributed by atoms with Crippen LogP contribution in [0.5, 0.6) is 0 Å². The molecule has 0 atom stereocenters. The molecule has 1 fully saturated rings. The normalized spacial score (nSPS) is 22.5. The highest BCUT2D eigenvalue weighted by Gasteiger charge is 2.30. The Balaban J connectivity index is 2.43. The summed E-state index contributed by atoms with van der Waals surface area (Å²) in [7, 11) is 1.77. The van der Waals surface area contributed by atoms with Gasteiger partial charge in [0, 0.05) is 13.6 Å². The Bertz CT molecular complexity index is 421. The smallest absolute Gasteiger partial charge is 0.304 e. The van der Waals surface area contributed by atoms with Gasteiger partial charge >= 0.3 is 5.97 Å². The van der Waals surface area contributed by atoms with E-state index in [2.05, 4.69) is 26.2 Å². The fourth-order valence-corrected chi connectivity index (χ4v) is 2.92. The maximum absolute atomic E-state index is 10.5. The first-order valence-electron chi connectivity index (χ1n) is 8.29. The van der Waals surface area contributed by atoms with E-state index in [0.717, 1.165) is 31.6 Å². The van der Waals surface area contributed by atoms with Crippen LogP contribution >= 0.6 is 0 Å². The summed E-state index contributed by atoms with van der Waals surface area (Å²) in [4.78, 5) is 10.5. The van der Waals surface area contributed by atoms with Crippen LogP contribution in [0.25, 0.3) is 0 Å². The van der Waals surface area contributed by atoms with Crippen molar-refractivity contribution in [2.45, 2.75) is 59.0 Å². The minimum atomic E-state index is -0.839. The molecule has 23 heavy (non-hydrogen) atoms. The van der Waals surface area contributed by atoms with E-state index >= 15 is 0 Å². The molecule has 0 spiro atoms. The lowest BCUT2D eigenvalue weighted by Gasteiger charge is -2.37. The number of allylic oxidation sites excluding steroid dienone is 1. The SMILES string of the molecule is CN(/C=C(\C=N)O[C@H]1CC[C@H](C(C)(C)C)CC1)NCCC(=O)O. The van der Waals surface area contributed by atoms with Crippen LogP contribution in [-0.4, -0.2) is 42.0 Å². The van der Waals surface area contributed by atoms with Crippen LogP contribution in [0.3, 0.4) is 0 Å². The van der Waals surface area contributed by atoms with Gasteiger partial charge in [0.15, 0.2) is 5.76 Å². The van der Waals surface area contributed by atoms with E-state index in [1.807, 2.05) is 0 Å². The summed E-state index contributed by atoms with van der Waals surface area (Å²) in [6.45, 7) is 7.21. The molecule has 6 heteroatoms. The molecule has 6 nitrogen and oxygen atoms in total. The molecule has 0 aromatic carbocycles. The van der Waals surface area contributed by atoms with Crippen LogP contribution in [0.1, 0.15) is 52.9 Å². The maximum atomic E-state index is 10.5. The first kappa shape index (κ1) is 19.5. The predicted octanol–water partition coefficient (Wildman–Crippen LogP) is 3.01. The molecule has 132 valence electrons. The number of aliphatic carboxylic acids is 1. The lowest BCUT2D eigenvalue weighted by molar-refractivity contribution is -0.137. The van der Waals surface area contributed by atoms with E-state index in [1.165, 1.54) is 6.21 Å². The van der Waals surface area contributed by atoms with Gasteiger partial charge < -0.3 is 20.3 Å². The Kier molecular flexibility index (Phi) is 7.55. The predicted molar refractivity (Wildman–Crippen MR) is 91.2 cm³/mol. The van der Waals surface area contributed by atoms with Crippen LogP contribution in [-0.2, 0) is 9.53 Å². The first-order valence-corrected chi connectivity index (χ1v) is 8.29. The summed E-state index contributed by atoms with van der Waals surface area (Å²) in [5, 5.41) is 17.7. The summed E-state index contributed by atoms with van der Waals surface area (Å²) in [6.07, 6.45) is 7.45. The fourth-order valence-electron chi connectivity index (χ4n) is 2.92. The Hall–Kier alpha value is -1.56. The molecule has 0 aliphatic heterocycles. The van der Waals surface area contributed by atoms with Crippen molar-refractivity contribution in [2.75, 3.05) is 13.6 Å². The second-order valence-electron chi connectivity index (χ2n) is 7.30. The van der Waals surface area contributed by atoms with Gasteiger partial charge in [0.1, 0.15) is 0 Å². The number of hydrogen-bond donors (Lipinski definition) is 3. The molecular weight excluding hydrogens is 294 g/mol. The third kappa shape index (κ3) is 7.50. The molecule has 0 aromatic rings. The van der Waals surface area contributed by atoms with Crippen molar-refractivity contribution in [2.24, 2.45) is 11.3 Å². The second-order valence-corrected chi connectivity index (χ2v) is 7.30. The molecule has 1 aliphatic rings. The minimum Gasteiger partial charge on any atom is -0.487 e. The average molecular weight is 325 g/mol.